The average Bonchev–Trinajstić information content (AvgIpc) is 3.23. The van der Waals surface area contributed by atoms with Crippen molar-refractivity contribution in [1.29, 1.82) is 0 Å². The highest BCUT2D eigenvalue weighted by Gasteiger charge is 2.27. The second-order valence-corrected chi connectivity index (χ2v) is 17.5. The molecule has 0 fully saturated rings. The maximum absolute atomic E-state index is 12.7. The Balaban J connectivity index is 4.43. The predicted octanol–water partition coefficient (Wildman–Crippen LogP) is 13.7. The average molecular weight is 883 g/mol. The monoisotopic (exact) mass is 883 g/mol. The molecule has 10 heteroatoms. The largest absolute Gasteiger partial charge is 0.472 e. The number of phosphoric ester groups is 1. The first-order valence-electron chi connectivity index (χ1n) is 23.3. The van der Waals surface area contributed by atoms with Crippen LogP contribution < -0.4 is 0 Å². The number of hydrogen-bond donors (Lipinski definition) is 1. The van der Waals surface area contributed by atoms with Crippen molar-refractivity contribution in [2.24, 2.45) is 0 Å². The van der Waals surface area contributed by atoms with E-state index in [0.29, 0.717) is 23.9 Å². The standard InChI is InChI=1S/C52H84NO8P/c1-6-8-10-12-14-16-18-20-21-22-23-24-25-26-27-28-29-30-31-33-35-37-39-41-43-45-52(55)61-50(49-60-62(56,57)59-47-46-53(3,4)5)48-58-51(54)44-42-40-38-36-34-32-19-17-15-13-11-9-7-2/h8-11,14-17,20-21,23-24,26-27,29-30,32-35,50H,6-7,12-13,18-19,22,25,28,31,36-49H2,1-5H3/p+1/b10-8-,11-9-,16-14-,17-15-,21-20-,24-23-,27-26-,30-29-,34-32-,35-33-. The van der Waals surface area contributed by atoms with Crippen molar-refractivity contribution in [3.63, 3.8) is 0 Å². The summed E-state index contributed by atoms with van der Waals surface area (Å²) in [6, 6.07) is 0. The number of likely N-dealkylation sites (N-methyl/N-ethyl adjacent to an activating group) is 1. The van der Waals surface area contributed by atoms with Gasteiger partial charge in [-0.1, -0.05) is 148 Å². The number of nitrogens with zero attached hydrogens (tertiary/aromatic N) is 1. The van der Waals surface area contributed by atoms with E-state index in [1.807, 2.05) is 21.1 Å². The van der Waals surface area contributed by atoms with E-state index in [1.165, 1.54) is 0 Å². The number of carbonyl (C=O) groups excluding carboxylic acids is 2. The predicted molar refractivity (Wildman–Crippen MR) is 261 cm³/mol. The SMILES string of the molecule is CC/C=C\C/C=C\C/C=C\C/C=C\C/C=C\C/C=C\C/C=C\CCCCCC(=O)OC(COC(=O)CCCCC/C=C\C/C=C\C/C=C\CC)COP(=O)(O)OCC[N+](C)(C)C. The molecule has 9 nitrogen and oxygen atoms in total. The lowest BCUT2D eigenvalue weighted by Gasteiger charge is -2.24. The summed E-state index contributed by atoms with van der Waals surface area (Å²) in [6.45, 7) is 4.08. The van der Waals surface area contributed by atoms with Crippen molar-refractivity contribution in [3.05, 3.63) is 122 Å². The summed E-state index contributed by atoms with van der Waals surface area (Å²) in [5.74, 6) is -0.887. The van der Waals surface area contributed by atoms with Crippen LogP contribution >= 0.6 is 7.82 Å². The van der Waals surface area contributed by atoms with E-state index >= 15 is 0 Å². The van der Waals surface area contributed by atoms with Crippen LogP contribution in [0.15, 0.2) is 122 Å². The first kappa shape index (κ1) is 58.4. The van der Waals surface area contributed by atoms with Gasteiger partial charge in [0, 0.05) is 12.8 Å². The third-order valence-electron chi connectivity index (χ3n) is 8.99. The van der Waals surface area contributed by atoms with Gasteiger partial charge in [0.2, 0.25) is 0 Å². The van der Waals surface area contributed by atoms with Crippen molar-refractivity contribution in [2.45, 2.75) is 148 Å². The molecule has 0 aromatic heterocycles. The minimum absolute atomic E-state index is 0.0121. The number of phosphoric acid groups is 1. The Morgan fingerprint density at radius 2 is 0.871 bits per heavy atom. The molecule has 0 aliphatic carbocycles. The molecule has 0 spiro atoms. The quantitative estimate of drug-likeness (QED) is 0.0213. The summed E-state index contributed by atoms with van der Waals surface area (Å²) in [6.07, 6.45) is 59.7. The van der Waals surface area contributed by atoms with Gasteiger partial charge < -0.3 is 18.9 Å². The van der Waals surface area contributed by atoms with Crippen LogP contribution in [0, 0.1) is 0 Å². The van der Waals surface area contributed by atoms with Crippen LogP contribution in [-0.4, -0.2) is 74.9 Å². The zero-order valence-electron chi connectivity index (χ0n) is 39.3. The molecule has 0 aliphatic rings. The van der Waals surface area contributed by atoms with E-state index in [2.05, 4.69) is 135 Å². The number of carbonyl (C=O) groups is 2. The summed E-state index contributed by atoms with van der Waals surface area (Å²) in [4.78, 5) is 35.4. The fourth-order valence-corrected chi connectivity index (χ4v) is 6.16. The number of allylic oxidation sites excluding steroid dienone is 20. The van der Waals surface area contributed by atoms with Crippen molar-refractivity contribution < 1.29 is 42.1 Å². The molecule has 0 aliphatic heterocycles. The third-order valence-corrected chi connectivity index (χ3v) is 9.97. The number of ether oxygens (including phenoxy) is 2. The second-order valence-electron chi connectivity index (χ2n) is 16.0. The maximum atomic E-state index is 12.7. The van der Waals surface area contributed by atoms with Crippen LogP contribution in [0.25, 0.3) is 0 Å². The van der Waals surface area contributed by atoms with E-state index in [4.69, 9.17) is 18.5 Å². The first-order valence-corrected chi connectivity index (χ1v) is 24.8. The van der Waals surface area contributed by atoms with Gasteiger partial charge in [-0.15, -0.1) is 0 Å². The molecular formula is C52H85NO8P+. The lowest BCUT2D eigenvalue weighted by Crippen LogP contribution is -2.37. The summed E-state index contributed by atoms with van der Waals surface area (Å²) in [5, 5.41) is 0. The lowest BCUT2D eigenvalue weighted by molar-refractivity contribution is -0.870. The van der Waals surface area contributed by atoms with Crippen LogP contribution in [0.3, 0.4) is 0 Å². The molecule has 0 aromatic rings. The normalized spacial score (nSPS) is 14.6. The van der Waals surface area contributed by atoms with Crippen molar-refractivity contribution >= 4 is 19.8 Å². The number of quaternary nitrogens is 1. The Kier molecular flexibility index (Phi) is 40.2. The highest BCUT2D eigenvalue weighted by atomic mass is 31.2. The van der Waals surface area contributed by atoms with Gasteiger partial charge in [-0.25, -0.2) is 4.57 Å². The minimum Gasteiger partial charge on any atom is -0.462 e. The summed E-state index contributed by atoms with van der Waals surface area (Å²) in [7, 11) is 1.41. The van der Waals surface area contributed by atoms with Gasteiger partial charge in [0.1, 0.15) is 19.8 Å². The van der Waals surface area contributed by atoms with Crippen LogP contribution in [0.5, 0.6) is 0 Å². The Morgan fingerprint density at radius 1 is 0.500 bits per heavy atom. The van der Waals surface area contributed by atoms with Crippen LogP contribution in [0.4, 0.5) is 0 Å². The lowest BCUT2D eigenvalue weighted by atomic mass is 10.1. The topological polar surface area (TPSA) is 108 Å². The molecule has 2 atom stereocenters. The van der Waals surface area contributed by atoms with Crippen LogP contribution in [0.2, 0.25) is 0 Å². The summed E-state index contributed by atoms with van der Waals surface area (Å²) in [5.41, 5.74) is 0. The Hall–Kier alpha value is -3.59. The fourth-order valence-electron chi connectivity index (χ4n) is 5.42. The van der Waals surface area contributed by atoms with E-state index in [9.17, 15) is 19.0 Å². The highest BCUT2D eigenvalue weighted by molar-refractivity contribution is 7.47. The van der Waals surface area contributed by atoms with E-state index in [0.717, 1.165) is 103 Å². The smallest absolute Gasteiger partial charge is 0.462 e. The molecule has 0 heterocycles. The second kappa shape index (κ2) is 42.7. The number of unbranched alkanes of at least 4 members (excludes halogenated alkanes) is 6. The Bertz CT molecular complexity index is 1460. The van der Waals surface area contributed by atoms with E-state index in [-0.39, 0.29) is 26.1 Å². The number of rotatable bonds is 40. The van der Waals surface area contributed by atoms with Gasteiger partial charge in [0.05, 0.1) is 27.7 Å². The summed E-state index contributed by atoms with van der Waals surface area (Å²) >= 11 is 0. The molecule has 0 rings (SSSR count). The van der Waals surface area contributed by atoms with E-state index < -0.39 is 32.5 Å². The van der Waals surface area contributed by atoms with Gasteiger partial charge in [-0.2, -0.15) is 0 Å². The van der Waals surface area contributed by atoms with Crippen molar-refractivity contribution in [1.82, 2.24) is 0 Å². The van der Waals surface area contributed by atoms with Crippen molar-refractivity contribution in [3.8, 4) is 0 Å². The number of esters is 2. The van der Waals surface area contributed by atoms with E-state index in [1.54, 1.807) is 0 Å². The molecular weight excluding hydrogens is 798 g/mol. The molecule has 1 N–H and O–H groups in total. The molecule has 62 heavy (non-hydrogen) atoms. The Morgan fingerprint density at radius 3 is 1.26 bits per heavy atom. The molecule has 0 saturated heterocycles. The molecule has 2 unspecified atom stereocenters. The first-order chi connectivity index (χ1) is 30.0. The summed E-state index contributed by atoms with van der Waals surface area (Å²) < 4.78 is 34.3. The molecule has 0 bridgehead atoms. The molecule has 0 aromatic carbocycles. The molecule has 0 saturated carbocycles. The van der Waals surface area contributed by atoms with Gasteiger partial charge in [-0.3, -0.25) is 18.6 Å². The van der Waals surface area contributed by atoms with Crippen molar-refractivity contribution in [2.75, 3.05) is 47.5 Å². The van der Waals surface area contributed by atoms with Gasteiger partial charge in [0.15, 0.2) is 6.10 Å². The molecule has 0 amide bonds. The highest BCUT2D eigenvalue weighted by Crippen LogP contribution is 2.43. The molecule has 0 radical (unpaired) electrons. The minimum atomic E-state index is -4.40. The Labute approximate surface area is 378 Å². The third kappa shape index (κ3) is 45.9. The van der Waals surface area contributed by atoms with Gasteiger partial charge in [0.25, 0.3) is 0 Å². The number of hydrogen-bond acceptors (Lipinski definition) is 7. The van der Waals surface area contributed by atoms with Gasteiger partial charge in [-0.05, 0) is 103 Å². The fraction of sp³-hybridized carbons (Fsp3) is 0.577. The molecule has 350 valence electrons. The zero-order valence-corrected chi connectivity index (χ0v) is 40.2. The van der Waals surface area contributed by atoms with Crippen LogP contribution in [-0.2, 0) is 32.7 Å². The maximum Gasteiger partial charge on any atom is 0.472 e. The zero-order chi connectivity index (χ0) is 45.7. The van der Waals surface area contributed by atoms with Gasteiger partial charge >= 0.3 is 19.8 Å². The van der Waals surface area contributed by atoms with Crippen LogP contribution in [0.1, 0.15) is 142 Å².